The van der Waals surface area contributed by atoms with Crippen LogP contribution in [0.2, 0.25) is 0 Å². The molecule has 0 radical (unpaired) electrons. The molecule has 0 aromatic heterocycles. The molecule has 1 N–H and O–H groups in total. The van der Waals surface area contributed by atoms with Gasteiger partial charge in [-0.3, -0.25) is 4.79 Å². The van der Waals surface area contributed by atoms with E-state index < -0.39 is 6.09 Å². The highest BCUT2D eigenvalue weighted by Gasteiger charge is 2.27. The molecule has 0 aliphatic carbocycles. The predicted molar refractivity (Wildman–Crippen MR) is 39.8 cm³/mol. The number of carboxylic acid groups (broad SMARTS) is 1. The first-order valence-electron chi connectivity index (χ1n) is 3.74. The molecule has 5 heteroatoms. The summed E-state index contributed by atoms with van der Waals surface area (Å²) in [7, 11) is 0. The molecule has 0 bridgehead atoms. The quantitative estimate of drug-likeness (QED) is 0.579. The van der Waals surface area contributed by atoms with Crippen LogP contribution >= 0.6 is 0 Å². The second-order valence-electron chi connectivity index (χ2n) is 2.75. The van der Waals surface area contributed by atoms with E-state index in [2.05, 4.69) is 0 Å². The lowest BCUT2D eigenvalue weighted by Gasteiger charge is -2.11. The number of ether oxygens (including phenoxy) is 1. The zero-order valence-electron chi connectivity index (χ0n) is 6.82. The summed E-state index contributed by atoms with van der Waals surface area (Å²) in [6.07, 6.45) is -0.602. The Morgan fingerprint density at radius 1 is 1.58 bits per heavy atom. The van der Waals surface area contributed by atoms with E-state index in [-0.39, 0.29) is 12.1 Å². The van der Waals surface area contributed by atoms with E-state index in [0.717, 1.165) is 0 Å². The molecule has 1 heterocycles. The average Bonchev–Trinajstić information content (AvgIpc) is 2.34. The minimum Gasteiger partial charge on any atom is -0.465 e. The summed E-state index contributed by atoms with van der Waals surface area (Å²) < 4.78 is 4.85. The Morgan fingerprint density at radius 2 is 2.25 bits per heavy atom. The molecule has 1 atom stereocenters. The third kappa shape index (κ3) is 2.11. The number of hydrogen-bond acceptors (Lipinski definition) is 3. The minimum absolute atomic E-state index is 0.251. The van der Waals surface area contributed by atoms with E-state index >= 15 is 0 Å². The van der Waals surface area contributed by atoms with Gasteiger partial charge in [0.2, 0.25) is 0 Å². The molecule has 1 amide bonds. The number of amides is 1. The van der Waals surface area contributed by atoms with E-state index in [1.165, 1.54) is 11.8 Å². The van der Waals surface area contributed by atoms with Crippen molar-refractivity contribution >= 4 is 12.1 Å². The van der Waals surface area contributed by atoms with Gasteiger partial charge in [0.25, 0.3) is 0 Å². The van der Waals surface area contributed by atoms with Crippen molar-refractivity contribution in [2.45, 2.75) is 19.4 Å². The molecule has 5 nitrogen and oxygen atoms in total. The Kier molecular flexibility index (Phi) is 2.52. The maximum atomic E-state index is 10.5. The van der Waals surface area contributed by atoms with Crippen molar-refractivity contribution in [2.75, 3.05) is 13.1 Å². The van der Waals surface area contributed by atoms with E-state index in [9.17, 15) is 9.59 Å². The molecule has 1 aliphatic heterocycles. The van der Waals surface area contributed by atoms with Gasteiger partial charge in [0.1, 0.15) is 6.10 Å². The largest absolute Gasteiger partial charge is 0.465 e. The fraction of sp³-hybridized carbons (Fsp3) is 0.714. The van der Waals surface area contributed by atoms with Crippen molar-refractivity contribution in [3.05, 3.63) is 0 Å². The Labute approximate surface area is 69.9 Å². The molecule has 1 saturated heterocycles. The fourth-order valence-electron chi connectivity index (χ4n) is 1.23. The maximum absolute atomic E-state index is 10.5. The summed E-state index contributed by atoms with van der Waals surface area (Å²) >= 11 is 0. The maximum Gasteiger partial charge on any atom is 0.407 e. The number of rotatable bonds is 1. The van der Waals surface area contributed by atoms with Crippen LogP contribution in [0.3, 0.4) is 0 Å². The lowest BCUT2D eigenvalue weighted by atomic mass is 10.3. The summed E-state index contributed by atoms with van der Waals surface area (Å²) in [4.78, 5) is 22.2. The van der Waals surface area contributed by atoms with Crippen LogP contribution in [0.25, 0.3) is 0 Å². The monoisotopic (exact) mass is 173 g/mol. The summed E-state index contributed by atoms with van der Waals surface area (Å²) in [5, 5.41) is 8.55. The lowest BCUT2D eigenvalue weighted by molar-refractivity contribution is -0.145. The van der Waals surface area contributed by atoms with Crippen molar-refractivity contribution in [3.63, 3.8) is 0 Å². The van der Waals surface area contributed by atoms with Crippen molar-refractivity contribution in [2.24, 2.45) is 0 Å². The van der Waals surface area contributed by atoms with Crippen LogP contribution in [0.1, 0.15) is 13.3 Å². The number of esters is 1. The van der Waals surface area contributed by atoms with Gasteiger partial charge in [-0.2, -0.15) is 0 Å². The number of carbonyl (C=O) groups excluding carboxylic acids is 1. The molecule has 0 saturated carbocycles. The predicted octanol–water partition coefficient (Wildman–Crippen LogP) is 0.302. The molecule has 12 heavy (non-hydrogen) atoms. The van der Waals surface area contributed by atoms with Crippen molar-refractivity contribution in [1.29, 1.82) is 0 Å². The average molecular weight is 173 g/mol. The molecule has 1 rings (SSSR count). The summed E-state index contributed by atoms with van der Waals surface area (Å²) in [5.41, 5.74) is 0. The molecule has 1 fully saturated rings. The number of nitrogens with zero attached hydrogens (tertiary/aromatic N) is 1. The van der Waals surface area contributed by atoms with Crippen LogP contribution in [0, 0.1) is 0 Å². The third-order valence-corrected chi connectivity index (χ3v) is 1.75. The highest BCUT2D eigenvalue weighted by Crippen LogP contribution is 2.12. The van der Waals surface area contributed by atoms with Gasteiger partial charge in [0.05, 0.1) is 6.54 Å². The SMILES string of the molecule is CC(=O)O[C@H]1CCN(C(=O)O)C1. The number of likely N-dealkylation sites (tertiary alicyclic amines) is 1. The molecule has 0 unspecified atom stereocenters. The van der Waals surface area contributed by atoms with Gasteiger partial charge in [-0.25, -0.2) is 4.79 Å². The number of hydrogen-bond donors (Lipinski definition) is 1. The zero-order valence-corrected chi connectivity index (χ0v) is 6.82. The number of carbonyl (C=O) groups is 2. The zero-order chi connectivity index (χ0) is 9.14. The van der Waals surface area contributed by atoms with Crippen LogP contribution in [-0.2, 0) is 9.53 Å². The van der Waals surface area contributed by atoms with E-state index in [4.69, 9.17) is 9.84 Å². The second kappa shape index (κ2) is 3.42. The van der Waals surface area contributed by atoms with Gasteiger partial charge in [-0.05, 0) is 0 Å². The minimum atomic E-state index is -0.954. The second-order valence-corrected chi connectivity index (χ2v) is 2.75. The van der Waals surface area contributed by atoms with Gasteiger partial charge in [0, 0.05) is 19.9 Å². The van der Waals surface area contributed by atoms with Crippen molar-refractivity contribution in [1.82, 2.24) is 4.90 Å². The molecular formula is C7H11NO4. The smallest absolute Gasteiger partial charge is 0.407 e. The van der Waals surface area contributed by atoms with Crippen LogP contribution in [-0.4, -0.2) is 41.3 Å². The highest BCUT2D eigenvalue weighted by atomic mass is 16.5. The van der Waals surface area contributed by atoms with Crippen molar-refractivity contribution in [3.8, 4) is 0 Å². The van der Waals surface area contributed by atoms with Gasteiger partial charge < -0.3 is 14.7 Å². The molecule has 0 aromatic carbocycles. The Morgan fingerprint density at radius 3 is 2.67 bits per heavy atom. The third-order valence-electron chi connectivity index (χ3n) is 1.75. The van der Waals surface area contributed by atoms with E-state index in [0.29, 0.717) is 19.5 Å². The Bertz CT molecular complexity index is 204. The van der Waals surface area contributed by atoms with E-state index in [1.807, 2.05) is 0 Å². The highest BCUT2D eigenvalue weighted by molar-refractivity contribution is 5.67. The van der Waals surface area contributed by atoms with E-state index in [1.54, 1.807) is 0 Å². The normalized spacial score (nSPS) is 22.4. The molecule has 0 aromatic rings. The van der Waals surface area contributed by atoms with Crippen LogP contribution in [0.5, 0.6) is 0 Å². The fourth-order valence-corrected chi connectivity index (χ4v) is 1.23. The molecule has 0 spiro atoms. The molecular weight excluding hydrogens is 162 g/mol. The first-order chi connectivity index (χ1) is 5.59. The van der Waals surface area contributed by atoms with Crippen LogP contribution in [0.4, 0.5) is 4.79 Å². The molecule has 68 valence electrons. The summed E-state index contributed by atoms with van der Waals surface area (Å²) in [6, 6.07) is 0. The topological polar surface area (TPSA) is 66.8 Å². The van der Waals surface area contributed by atoms with Gasteiger partial charge in [-0.1, -0.05) is 0 Å². The first-order valence-corrected chi connectivity index (χ1v) is 3.74. The van der Waals surface area contributed by atoms with Gasteiger partial charge in [0.15, 0.2) is 0 Å². The van der Waals surface area contributed by atoms with Crippen LogP contribution in [0.15, 0.2) is 0 Å². The Balaban J connectivity index is 2.35. The Hall–Kier alpha value is -1.26. The standard InChI is InChI=1S/C7H11NO4/c1-5(9)12-6-2-3-8(4-6)7(10)11/h6H,2-4H2,1H3,(H,10,11)/t6-/m0/s1. The van der Waals surface area contributed by atoms with Crippen molar-refractivity contribution < 1.29 is 19.4 Å². The summed E-state index contributed by atoms with van der Waals surface area (Å²) in [6.45, 7) is 2.08. The van der Waals surface area contributed by atoms with Gasteiger partial charge in [-0.15, -0.1) is 0 Å². The first kappa shape index (κ1) is 8.83. The molecule has 1 aliphatic rings. The van der Waals surface area contributed by atoms with Gasteiger partial charge >= 0.3 is 12.1 Å². The lowest BCUT2D eigenvalue weighted by Crippen LogP contribution is -2.28. The summed E-state index contributed by atoms with van der Waals surface area (Å²) in [5.74, 6) is -0.354. The van der Waals surface area contributed by atoms with Crippen LogP contribution < -0.4 is 0 Å².